The molecule has 1 aliphatic carbocycles. The van der Waals surface area contributed by atoms with Crippen molar-refractivity contribution in [3.05, 3.63) is 11.9 Å². The third-order valence-corrected chi connectivity index (χ3v) is 7.65. The van der Waals surface area contributed by atoms with Gasteiger partial charge in [0.2, 0.25) is 11.8 Å². The van der Waals surface area contributed by atoms with Crippen LogP contribution in [0.3, 0.4) is 0 Å². The monoisotopic (exact) mass is 568 g/mol. The molecule has 4 atom stereocenters. The van der Waals surface area contributed by atoms with Crippen LogP contribution in [0.25, 0.3) is 0 Å². The minimum absolute atomic E-state index is 0.00176. The Kier molecular flexibility index (Phi) is 7.70. The van der Waals surface area contributed by atoms with E-state index < -0.39 is 65.6 Å². The number of ether oxygens (including phenoxy) is 1. The Morgan fingerprint density at radius 2 is 1.85 bits per heavy atom. The summed E-state index contributed by atoms with van der Waals surface area (Å²) >= 11 is 0. The maximum atomic E-state index is 14.5. The van der Waals surface area contributed by atoms with Crippen molar-refractivity contribution in [2.24, 2.45) is 5.41 Å². The molecule has 2 N–H and O–H groups in total. The van der Waals surface area contributed by atoms with Gasteiger partial charge in [0.1, 0.15) is 17.7 Å². The highest BCUT2D eigenvalue weighted by Crippen LogP contribution is 2.41. The number of carbonyl (C=O) groups excluding carboxylic acids is 3. The Labute approximate surface area is 233 Å². The van der Waals surface area contributed by atoms with Crippen molar-refractivity contribution in [2.75, 3.05) is 19.6 Å². The molecular formula is C27H42F2N6O5. The molecule has 0 spiro atoms. The normalized spacial score (nSPS) is 27.6. The molecule has 1 unspecified atom stereocenters. The highest BCUT2D eigenvalue weighted by Gasteiger charge is 2.55. The Bertz CT molecular complexity index is 1140. The van der Waals surface area contributed by atoms with Crippen LogP contribution in [0.15, 0.2) is 6.20 Å². The Balaban J connectivity index is 1.50. The summed E-state index contributed by atoms with van der Waals surface area (Å²) in [4.78, 5) is 42.4. The molecule has 3 aliphatic rings. The molecule has 4 rings (SSSR count). The predicted molar refractivity (Wildman–Crippen MR) is 141 cm³/mol. The zero-order chi connectivity index (χ0) is 29.8. The first-order valence-electron chi connectivity index (χ1n) is 13.9. The van der Waals surface area contributed by atoms with Gasteiger partial charge in [-0.15, -0.1) is 5.10 Å². The van der Waals surface area contributed by atoms with Crippen LogP contribution in [0.5, 0.6) is 0 Å². The minimum Gasteiger partial charge on any atom is -0.444 e. The van der Waals surface area contributed by atoms with E-state index in [4.69, 9.17) is 4.74 Å². The molecular weight excluding hydrogens is 526 g/mol. The molecule has 3 amide bonds. The second-order valence-electron chi connectivity index (χ2n) is 13.9. The van der Waals surface area contributed by atoms with Gasteiger partial charge in [-0.1, -0.05) is 26.0 Å². The van der Waals surface area contributed by atoms with Crippen molar-refractivity contribution in [1.82, 2.24) is 30.1 Å². The highest BCUT2D eigenvalue weighted by molar-refractivity contribution is 5.90. The standard InChI is InChI=1S/C27H42F2N6O5/c1-24(2,3)20(35-12-18(31-32-35)16-8-9-16)22(38)33-11-17(36)10-19(33)21(37)30-14-26(7)13-27(28,29)15-34(26)23(39)40-25(4,5)6/h12,16-17,19-20,36H,8-11,13-15H2,1-7H3,(H,30,37)/t17-,19+,20-,26?/m1/s1. The van der Waals surface area contributed by atoms with Gasteiger partial charge >= 0.3 is 6.09 Å². The van der Waals surface area contributed by atoms with E-state index in [1.165, 1.54) is 16.5 Å². The van der Waals surface area contributed by atoms with Gasteiger partial charge < -0.3 is 20.1 Å². The van der Waals surface area contributed by atoms with Crippen LogP contribution in [0.4, 0.5) is 13.6 Å². The molecule has 224 valence electrons. The smallest absolute Gasteiger partial charge is 0.411 e. The lowest BCUT2D eigenvalue weighted by Crippen LogP contribution is -2.56. The van der Waals surface area contributed by atoms with Gasteiger partial charge in [0.25, 0.3) is 5.92 Å². The van der Waals surface area contributed by atoms with Gasteiger partial charge in [-0.05, 0) is 46.0 Å². The lowest BCUT2D eigenvalue weighted by molar-refractivity contribution is -0.144. The number of halogens is 2. The molecule has 0 radical (unpaired) electrons. The number of alkyl halides is 2. The number of nitrogens with zero attached hydrogens (tertiary/aromatic N) is 5. The number of hydrogen-bond acceptors (Lipinski definition) is 7. The van der Waals surface area contributed by atoms with Crippen LogP contribution in [0.1, 0.15) is 91.8 Å². The molecule has 13 heteroatoms. The van der Waals surface area contributed by atoms with E-state index in [2.05, 4.69) is 15.6 Å². The van der Waals surface area contributed by atoms with E-state index in [0.717, 1.165) is 23.4 Å². The lowest BCUT2D eigenvalue weighted by Gasteiger charge is -2.37. The van der Waals surface area contributed by atoms with Gasteiger partial charge in [0.15, 0.2) is 0 Å². The number of aliphatic hydroxyl groups is 1. The average molecular weight is 569 g/mol. The van der Waals surface area contributed by atoms with E-state index in [1.54, 1.807) is 27.0 Å². The summed E-state index contributed by atoms with van der Waals surface area (Å²) in [5.74, 6) is -3.78. The fourth-order valence-electron chi connectivity index (χ4n) is 5.61. The van der Waals surface area contributed by atoms with E-state index >= 15 is 0 Å². The second kappa shape index (κ2) is 10.2. The first-order chi connectivity index (χ1) is 18.3. The molecule has 0 bridgehead atoms. The largest absolute Gasteiger partial charge is 0.444 e. The zero-order valence-electron chi connectivity index (χ0n) is 24.4. The van der Waals surface area contributed by atoms with Crippen molar-refractivity contribution in [2.45, 2.75) is 115 Å². The van der Waals surface area contributed by atoms with Crippen LogP contribution in [0, 0.1) is 5.41 Å². The van der Waals surface area contributed by atoms with Crippen LogP contribution < -0.4 is 5.32 Å². The van der Waals surface area contributed by atoms with Crippen LogP contribution in [-0.4, -0.2) is 96.7 Å². The molecule has 11 nitrogen and oxygen atoms in total. The van der Waals surface area contributed by atoms with Crippen LogP contribution >= 0.6 is 0 Å². The first-order valence-corrected chi connectivity index (χ1v) is 13.9. The zero-order valence-corrected chi connectivity index (χ0v) is 24.4. The summed E-state index contributed by atoms with van der Waals surface area (Å²) < 4.78 is 35.8. The van der Waals surface area contributed by atoms with Crippen molar-refractivity contribution in [3.8, 4) is 0 Å². The van der Waals surface area contributed by atoms with E-state index in [-0.39, 0.29) is 25.4 Å². The Morgan fingerprint density at radius 1 is 1.20 bits per heavy atom. The maximum absolute atomic E-state index is 14.5. The van der Waals surface area contributed by atoms with Crippen molar-refractivity contribution in [3.63, 3.8) is 0 Å². The predicted octanol–water partition coefficient (Wildman–Crippen LogP) is 2.86. The molecule has 40 heavy (non-hydrogen) atoms. The molecule has 3 fully saturated rings. The summed E-state index contributed by atoms with van der Waals surface area (Å²) in [5.41, 5.74) is -2.06. The second-order valence-corrected chi connectivity index (χ2v) is 13.9. The summed E-state index contributed by atoms with van der Waals surface area (Å²) in [6.07, 6.45) is 1.37. The number of likely N-dealkylation sites (tertiary alicyclic amines) is 2. The highest BCUT2D eigenvalue weighted by atomic mass is 19.3. The van der Waals surface area contributed by atoms with Gasteiger partial charge in [-0.3, -0.25) is 14.5 Å². The number of amides is 3. The quantitative estimate of drug-likeness (QED) is 0.540. The molecule has 3 heterocycles. The molecule has 2 aliphatic heterocycles. The van der Waals surface area contributed by atoms with Crippen molar-refractivity contribution < 1.29 is 33.0 Å². The minimum atomic E-state index is -3.15. The number of aliphatic hydroxyl groups excluding tert-OH is 1. The van der Waals surface area contributed by atoms with E-state index in [9.17, 15) is 28.3 Å². The van der Waals surface area contributed by atoms with Crippen LogP contribution in [-0.2, 0) is 14.3 Å². The number of rotatable bonds is 6. The number of hydrogen-bond donors (Lipinski definition) is 2. The summed E-state index contributed by atoms with van der Waals surface area (Å²) in [7, 11) is 0. The van der Waals surface area contributed by atoms with E-state index in [0.29, 0.717) is 5.92 Å². The van der Waals surface area contributed by atoms with E-state index in [1.807, 2.05) is 20.8 Å². The summed E-state index contributed by atoms with van der Waals surface area (Å²) in [5, 5.41) is 21.6. The molecule has 1 aromatic heterocycles. The van der Waals surface area contributed by atoms with Gasteiger partial charge in [-0.25, -0.2) is 18.3 Å². The fraction of sp³-hybridized carbons (Fsp3) is 0.815. The molecule has 0 aromatic carbocycles. The van der Waals surface area contributed by atoms with Gasteiger partial charge in [-0.2, -0.15) is 0 Å². The third kappa shape index (κ3) is 6.55. The molecule has 1 aromatic rings. The number of aromatic nitrogens is 3. The number of carbonyl (C=O) groups is 3. The van der Waals surface area contributed by atoms with Crippen molar-refractivity contribution >= 4 is 17.9 Å². The Morgan fingerprint density at radius 3 is 2.42 bits per heavy atom. The summed E-state index contributed by atoms with van der Waals surface area (Å²) in [6, 6.07) is -1.79. The fourth-order valence-corrected chi connectivity index (χ4v) is 5.61. The third-order valence-electron chi connectivity index (χ3n) is 7.65. The van der Waals surface area contributed by atoms with Crippen LogP contribution in [0.2, 0.25) is 0 Å². The average Bonchev–Trinajstić information content (AvgIpc) is 3.30. The van der Waals surface area contributed by atoms with Crippen molar-refractivity contribution in [1.29, 1.82) is 0 Å². The lowest BCUT2D eigenvalue weighted by atomic mass is 9.85. The maximum Gasteiger partial charge on any atom is 0.411 e. The number of β-amino-alcohol motifs (C(OH)–C–C–N with tert-alkyl or cyclic N) is 1. The topological polar surface area (TPSA) is 130 Å². The number of nitrogens with one attached hydrogen (secondary N) is 1. The van der Waals surface area contributed by atoms with Gasteiger partial charge in [0, 0.05) is 38.0 Å². The Hall–Kier alpha value is -2.83. The van der Waals surface area contributed by atoms with Gasteiger partial charge in [0.05, 0.1) is 23.9 Å². The summed E-state index contributed by atoms with van der Waals surface area (Å²) in [6.45, 7) is 10.9. The molecule has 1 saturated carbocycles. The first kappa shape index (κ1) is 30.1. The molecule has 2 saturated heterocycles. The SMILES string of the molecule is CC(C)(C)OC(=O)N1CC(F)(F)CC1(C)CNC(=O)[C@@H]1C[C@@H](O)CN1C(=O)[C@@H](n1cc(C2CC2)nn1)C(C)(C)C.